The first-order valence-corrected chi connectivity index (χ1v) is 4.43. The lowest BCUT2D eigenvalue weighted by atomic mass is 10.4. The van der Waals surface area contributed by atoms with Crippen molar-refractivity contribution in [3.8, 4) is 0 Å². The fourth-order valence-corrected chi connectivity index (χ4v) is 1.16. The Bertz CT molecular complexity index is 400. The third-order valence-corrected chi connectivity index (χ3v) is 1.83. The van der Waals surface area contributed by atoms with Gasteiger partial charge in [0.15, 0.2) is 0 Å². The van der Waals surface area contributed by atoms with E-state index in [-0.39, 0.29) is 0 Å². The smallest absolute Gasteiger partial charge is 0.143 e. The van der Waals surface area contributed by atoms with Gasteiger partial charge in [-0.3, -0.25) is 5.10 Å². The summed E-state index contributed by atoms with van der Waals surface area (Å²) in [6, 6.07) is 5.39. The van der Waals surface area contributed by atoms with E-state index in [0.717, 1.165) is 5.82 Å². The maximum atomic E-state index is 5.72. The highest BCUT2D eigenvalue weighted by molar-refractivity contribution is 6.29. The molecule has 0 spiro atoms. The number of nitrogens with zero attached hydrogens (tertiary/aromatic N) is 3. The molecule has 0 saturated carbocycles. The van der Waals surface area contributed by atoms with Gasteiger partial charge >= 0.3 is 0 Å². The third-order valence-electron chi connectivity index (χ3n) is 1.62. The topological polar surface area (TPSA) is 66.5 Å². The summed E-state index contributed by atoms with van der Waals surface area (Å²) in [5, 5.41) is 9.99. The van der Waals surface area contributed by atoms with E-state index < -0.39 is 0 Å². The minimum atomic E-state index is 0.465. The predicted octanol–water partition coefficient (Wildman–Crippen LogP) is 1.47. The molecule has 0 atom stereocenters. The second-order valence-corrected chi connectivity index (χ2v) is 3.02. The van der Waals surface area contributed by atoms with Crippen LogP contribution in [0, 0.1) is 0 Å². The fraction of sp³-hybridized carbons (Fsp3) is 0.125. The van der Waals surface area contributed by atoms with Crippen LogP contribution in [-0.4, -0.2) is 20.2 Å². The fourth-order valence-electron chi connectivity index (χ4n) is 0.997. The van der Waals surface area contributed by atoms with Crippen LogP contribution >= 0.6 is 11.6 Å². The monoisotopic (exact) mass is 209 g/mol. The third kappa shape index (κ3) is 2.20. The van der Waals surface area contributed by atoms with Gasteiger partial charge in [-0.05, 0) is 12.1 Å². The molecule has 0 amide bonds. The van der Waals surface area contributed by atoms with E-state index in [0.29, 0.717) is 17.5 Å². The Morgan fingerprint density at radius 2 is 2.36 bits per heavy atom. The zero-order chi connectivity index (χ0) is 9.80. The second-order valence-electron chi connectivity index (χ2n) is 2.63. The van der Waals surface area contributed by atoms with Gasteiger partial charge in [-0.2, -0.15) is 5.10 Å². The van der Waals surface area contributed by atoms with E-state index in [1.54, 1.807) is 6.07 Å². The standard InChI is InChI=1S/C8H8ClN5/c9-6-2-1-3-7(13-6)10-4-8-11-5-12-14-8/h1-3,5H,4H2,(H,10,13)(H,11,12,14). The Kier molecular flexibility index (Phi) is 2.60. The van der Waals surface area contributed by atoms with Gasteiger partial charge in [0.2, 0.25) is 0 Å². The minimum Gasteiger partial charge on any atom is -0.363 e. The van der Waals surface area contributed by atoms with Crippen LogP contribution in [0.1, 0.15) is 5.82 Å². The molecular weight excluding hydrogens is 202 g/mol. The molecule has 72 valence electrons. The number of aromatic amines is 1. The molecular formula is C8H8ClN5. The Morgan fingerprint density at radius 3 is 3.07 bits per heavy atom. The summed E-state index contributed by atoms with van der Waals surface area (Å²) in [6.07, 6.45) is 1.46. The second kappa shape index (κ2) is 4.06. The van der Waals surface area contributed by atoms with E-state index in [1.807, 2.05) is 12.1 Å². The Hall–Kier alpha value is -1.62. The van der Waals surface area contributed by atoms with Crippen molar-refractivity contribution in [2.75, 3.05) is 5.32 Å². The molecule has 2 aromatic heterocycles. The average molecular weight is 210 g/mol. The zero-order valence-corrected chi connectivity index (χ0v) is 7.99. The van der Waals surface area contributed by atoms with E-state index in [4.69, 9.17) is 11.6 Å². The quantitative estimate of drug-likeness (QED) is 0.752. The van der Waals surface area contributed by atoms with Crippen molar-refractivity contribution >= 4 is 17.4 Å². The van der Waals surface area contributed by atoms with Crippen LogP contribution in [0.15, 0.2) is 24.5 Å². The molecule has 0 bridgehead atoms. The number of rotatable bonds is 3. The molecule has 0 fully saturated rings. The van der Waals surface area contributed by atoms with Gasteiger partial charge in [-0.25, -0.2) is 9.97 Å². The highest BCUT2D eigenvalue weighted by Crippen LogP contribution is 2.09. The summed E-state index contributed by atoms with van der Waals surface area (Å²) < 4.78 is 0. The maximum Gasteiger partial charge on any atom is 0.143 e. The van der Waals surface area contributed by atoms with Gasteiger partial charge in [-0.15, -0.1) is 0 Å². The van der Waals surface area contributed by atoms with Gasteiger partial charge < -0.3 is 5.32 Å². The number of pyridine rings is 1. The van der Waals surface area contributed by atoms with Crippen molar-refractivity contribution in [1.29, 1.82) is 0 Å². The summed E-state index contributed by atoms with van der Waals surface area (Å²) >= 11 is 5.72. The maximum absolute atomic E-state index is 5.72. The first-order chi connectivity index (χ1) is 6.84. The van der Waals surface area contributed by atoms with Gasteiger partial charge in [0, 0.05) is 0 Å². The first kappa shape index (κ1) is 8.96. The number of halogens is 1. The molecule has 14 heavy (non-hydrogen) atoms. The number of aromatic nitrogens is 4. The molecule has 0 unspecified atom stereocenters. The lowest BCUT2D eigenvalue weighted by molar-refractivity contribution is 0.947. The van der Waals surface area contributed by atoms with Crippen molar-refractivity contribution < 1.29 is 0 Å². The summed E-state index contributed by atoms with van der Waals surface area (Å²) in [5.74, 6) is 1.47. The molecule has 6 heteroatoms. The first-order valence-electron chi connectivity index (χ1n) is 4.05. The number of hydrogen-bond acceptors (Lipinski definition) is 4. The molecule has 2 aromatic rings. The molecule has 0 aliphatic heterocycles. The minimum absolute atomic E-state index is 0.465. The van der Waals surface area contributed by atoms with E-state index in [2.05, 4.69) is 25.5 Å². The van der Waals surface area contributed by atoms with E-state index in [1.165, 1.54) is 6.33 Å². The molecule has 2 heterocycles. The Labute approximate surface area is 85.5 Å². The number of nitrogens with one attached hydrogen (secondary N) is 2. The van der Waals surface area contributed by atoms with Crippen molar-refractivity contribution in [1.82, 2.24) is 20.2 Å². The number of hydrogen-bond donors (Lipinski definition) is 2. The van der Waals surface area contributed by atoms with Gasteiger partial charge in [0.05, 0.1) is 6.54 Å². The van der Waals surface area contributed by atoms with Crippen molar-refractivity contribution in [3.05, 3.63) is 35.5 Å². The van der Waals surface area contributed by atoms with Crippen LogP contribution in [0.25, 0.3) is 0 Å². The van der Waals surface area contributed by atoms with Crippen LogP contribution in [-0.2, 0) is 6.54 Å². The van der Waals surface area contributed by atoms with Crippen LogP contribution in [0.5, 0.6) is 0 Å². The molecule has 0 aliphatic carbocycles. The van der Waals surface area contributed by atoms with E-state index >= 15 is 0 Å². The van der Waals surface area contributed by atoms with E-state index in [9.17, 15) is 0 Å². The largest absolute Gasteiger partial charge is 0.363 e. The van der Waals surface area contributed by atoms with Crippen molar-refractivity contribution in [3.63, 3.8) is 0 Å². The molecule has 0 radical (unpaired) electrons. The summed E-state index contributed by atoms with van der Waals surface area (Å²) in [4.78, 5) is 8.03. The number of anilines is 1. The Balaban J connectivity index is 1.98. The number of H-pyrrole nitrogens is 1. The average Bonchev–Trinajstić information content (AvgIpc) is 2.67. The molecule has 2 N–H and O–H groups in total. The van der Waals surface area contributed by atoms with Crippen LogP contribution in [0.2, 0.25) is 5.15 Å². The van der Waals surface area contributed by atoms with Crippen LogP contribution in [0.3, 0.4) is 0 Å². The molecule has 5 nitrogen and oxygen atoms in total. The molecule has 0 aliphatic rings. The lowest BCUT2D eigenvalue weighted by Gasteiger charge is -2.02. The molecule has 0 aromatic carbocycles. The molecule has 0 saturated heterocycles. The normalized spacial score (nSPS) is 10.1. The van der Waals surface area contributed by atoms with Gasteiger partial charge in [0.25, 0.3) is 0 Å². The highest BCUT2D eigenvalue weighted by Gasteiger charge is 1.97. The van der Waals surface area contributed by atoms with Gasteiger partial charge in [0.1, 0.15) is 23.1 Å². The van der Waals surface area contributed by atoms with Crippen molar-refractivity contribution in [2.24, 2.45) is 0 Å². The van der Waals surface area contributed by atoms with Crippen LogP contribution in [0.4, 0.5) is 5.82 Å². The SMILES string of the molecule is Clc1cccc(NCc2ncn[nH]2)n1. The lowest BCUT2D eigenvalue weighted by Crippen LogP contribution is -2.02. The summed E-state index contributed by atoms with van der Waals surface area (Å²) in [6.45, 7) is 0.549. The zero-order valence-electron chi connectivity index (χ0n) is 7.24. The summed E-state index contributed by atoms with van der Waals surface area (Å²) in [7, 11) is 0. The highest BCUT2D eigenvalue weighted by atomic mass is 35.5. The summed E-state index contributed by atoms with van der Waals surface area (Å²) in [5.41, 5.74) is 0. The molecule has 2 rings (SSSR count). The Morgan fingerprint density at radius 1 is 1.43 bits per heavy atom. The predicted molar refractivity (Wildman–Crippen MR) is 53.0 cm³/mol. The van der Waals surface area contributed by atoms with Crippen LogP contribution < -0.4 is 5.32 Å². The van der Waals surface area contributed by atoms with Gasteiger partial charge in [-0.1, -0.05) is 17.7 Å². The van der Waals surface area contributed by atoms with Crippen molar-refractivity contribution in [2.45, 2.75) is 6.54 Å².